The molecule has 0 aliphatic carbocycles. The van der Waals surface area contributed by atoms with Crippen molar-refractivity contribution in [3.05, 3.63) is 0 Å². The van der Waals surface area contributed by atoms with Gasteiger partial charge in [-0.3, -0.25) is 0 Å². The number of nitrogens with one attached hydrogen (secondary N) is 1. The fourth-order valence-electron chi connectivity index (χ4n) is 1.99. The summed E-state index contributed by atoms with van der Waals surface area (Å²) in [5, 5.41) is 3.52. The van der Waals surface area contributed by atoms with Crippen LogP contribution in [0.3, 0.4) is 0 Å². The van der Waals surface area contributed by atoms with Gasteiger partial charge in [-0.1, -0.05) is 20.8 Å². The Labute approximate surface area is 136 Å². The maximum Gasteiger partial charge on any atom is 0.410 e. The third-order valence-corrected chi connectivity index (χ3v) is 8.92. The molecule has 6 heteroatoms. The first kappa shape index (κ1) is 19.5. The quantitative estimate of drug-likeness (QED) is 0.807. The highest BCUT2D eigenvalue weighted by Crippen LogP contribution is 2.36. The van der Waals surface area contributed by atoms with Gasteiger partial charge in [0.05, 0.1) is 12.6 Å². The van der Waals surface area contributed by atoms with E-state index in [1.54, 1.807) is 0 Å². The highest BCUT2D eigenvalue weighted by Gasteiger charge is 2.39. The summed E-state index contributed by atoms with van der Waals surface area (Å²) >= 11 is 0. The molecule has 0 radical (unpaired) electrons. The molecule has 1 aliphatic rings. The predicted octanol–water partition coefficient (Wildman–Crippen LogP) is 3.22. The smallest absolute Gasteiger partial charge is 0.410 e. The van der Waals surface area contributed by atoms with Gasteiger partial charge < -0.3 is 19.4 Å². The summed E-state index contributed by atoms with van der Waals surface area (Å²) in [4.78, 5) is 14.2. The molecule has 130 valence electrons. The minimum Gasteiger partial charge on any atom is -0.444 e. The lowest BCUT2D eigenvalue weighted by atomic mass is 10.2. The first-order valence-electron chi connectivity index (χ1n) is 8.18. The van der Waals surface area contributed by atoms with E-state index < -0.39 is 13.9 Å². The van der Waals surface area contributed by atoms with Gasteiger partial charge in [-0.2, -0.15) is 0 Å². The number of hydrogen-bond donors (Lipinski definition) is 1. The molecule has 1 heterocycles. The zero-order valence-electron chi connectivity index (χ0n) is 15.6. The zero-order chi connectivity index (χ0) is 17.2. The number of ether oxygens (including phenoxy) is 1. The van der Waals surface area contributed by atoms with Crippen LogP contribution in [0.4, 0.5) is 4.79 Å². The van der Waals surface area contributed by atoms with Crippen LogP contribution in [-0.4, -0.2) is 57.2 Å². The minimum absolute atomic E-state index is 0.0396. The third-order valence-electron chi connectivity index (χ3n) is 4.42. The van der Waals surface area contributed by atoms with Gasteiger partial charge in [-0.05, 0) is 38.9 Å². The zero-order valence-corrected chi connectivity index (χ0v) is 16.6. The van der Waals surface area contributed by atoms with Crippen LogP contribution in [0.1, 0.15) is 41.5 Å². The molecule has 1 atom stereocenters. The Morgan fingerprint density at radius 1 is 1.23 bits per heavy atom. The maximum atomic E-state index is 12.4. The van der Waals surface area contributed by atoms with Crippen molar-refractivity contribution in [1.82, 2.24) is 10.2 Å². The molecule has 1 rings (SSSR count). The Kier molecular flexibility index (Phi) is 6.09. The largest absolute Gasteiger partial charge is 0.444 e. The molecule has 0 bridgehead atoms. The van der Waals surface area contributed by atoms with Gasteiger partial charge in [-0.15, -0.1) is 0 Å². The number of carbonyl (C=O) groups excluding carboxylic acids is 1. The monoisotopic (exact) mass is 330 g/mol. The van der Waals surface area contributed by atoms with Crippen LogP contribution in [0.15, 0.2) is 0 Å². The highest BCUT2D eigenvalue weighted by atomic mass is 28.4. The number of piperazine rings is 1. The molecule has 1 amide bonds. The van der Waals surface area contributed by atoms with Crippen LogP contribution >= 0.6 is 0 Å². The Morgan fingerprint density at radius 3 is 2.32 bits per heavy atom. The van der Waals surface area contributed by atoms with Crippen molar-refractivity contribution in [2.45, 2.75) is 71.3 Å². The van der Waals surface area contributed by atoms with E-state index in [0.29, 0.717) is 13.2 Å². The van der Waals surface area contributed by atoms with E-state index in [-0.39, 0.29) is 17.2 Å². The number of carbonyl (C=O) groups is 1. The van der Waals surface area contributed by atoms with Gasteiger partial charge >= 0.3 is 6.09 Å². The van der Waals surface area contributed by atoms with Gasteiger partial charge in [0.15, 0.2) is 8.32 Å². The van der Waals surface area contributed by atoms with Gasteiger partial charge in [0.25, 0.3) is 0 Å². The van der Waals surface area contributed by atoms with E-state index in [4.69, 9.17) is 9.16 Å². The van der Waals surface area contributed by atoms with Crippen LogP contribution in [0.2, 0.25) is 18.1 Å². The van der Waals surface area contributed by atoms with E-state index in [2.05, 4.69) is 39.2 Å². The van der Waals surface area contributed by atoms with Crippen molar-refractivity contribution in [3.8, 4) is 0 Å². The van der Waals surface area contributed by atoms with Gasteiger partial charge in [-0.25, -0.2) is 4.79 Å². The standard InChI is InChI=1S/C16H34N2O3Si/c1-15(2,3)21-14(19)18-10-9-17-11-13(18)12-20-22(7,8)16(4,5)6/h13,17H,9-12H2,1-8H3/t13-/m1/s1. The van der Waals surface area contributed by atoms with Crippen molar-refractivity contribution in [3.63, 3.8) is 0 Å². The average molecular weight is 331 g/mol. The second-order valence-corrected chi connectivity index (χ2v) is 13.4. The molecule has 1 saturated heterocycles. The maximum absolute atomic E-state index is 12.4. The molecule has 0 aromatic carbocycles. The summed E-state index contributed by atoms with van der Waals surface area (Å²) < 4.78 is 11.8. The second-order valence-electron chi connectivity index (χ2n) is 8.60. The lowest BCUT2D eigenvalue weighted by molar-refractivity contribution is 0.00550. The number of hydrogen-bond acceptors (Lipinski definition) is 4. The molecule has 0 unspecified atom stereocenters. The molecular formula is C16H34N2O3Si. The highest BCUT2D eigenvalue weighted by molar-refractivity contribution is 6.74. The minimum atomic E-state index is -1.81. The fraction of sp³-hybridized carbons (Fsp3) is 0.938. The molecule has 0 aromatic heterocycles. The molecule has 22 heavy (non-hydrogen) atoms. The average Bonchev–Trinajstić information content (AvgIpc) is 2.33. The van der Waals surface area contributed by atoms with E-state index in [0.717, 1.165) is 13.1 Å². The Hall–Kier alpha value is -0.593. The summed E-state index contributed by atoms with van der Waals surface area (Å²) in [6.07, 6.45) is -0.238. The van der Waals surface area contributed by atoms with Crippen LogP contribution < -0.4 is 5.32 Å². The molecule has 1 aliphatic heterocycles. The van der Waals surface area contributed by atoms with Gasteiger partial charge in [0.1, 0.15) is 5.60 Å². The molecular weight excluding hydrogens is 296 g/mol. The Morgan fingerprint density at radius 2 is 1.82 bits per heavy atom. The van der Waals surface area contributed by atoms with E-state index >= 15 is 0 Å². The van der Waals surface area contributed by atoms with Crippen molar-refractivity contribution in [2.75, 3.05) is 26.2 Å². The van der Waals surface area contributed by atoms with Crippen LogP contribution in [0.5, 0.6) is 0 Å². The first-order valence-corrected chi connectivity index (χ1v) is 11.1. The van der Waals surface area contributed by atoms with E-state index in [1.165, 1.54) is 0 Å². The summed E-state index contributed by atoms with van der Waals surface area (Å²) in [7, 11) is -1.81. The Balaban J connectivity index is 2.68. The topological polar surface area (TPSA) is 50.8 Å². The molecule has 1 N–H and O–H groups in total. The van der Waals surface area contributed by atoms with Crippen LogP contribution in [0.25, 0.3) is 0 Å². The number of amides is 1. The van der Waals surface area contributed by atoms with Gasteiger partial charge in [0, 0.05) is 19.6 Å². The summed E-state index contributed by atoms with van der Waals surface area (Å²) in [6.45, 7) is 19.6. The van der Waals surface area contributed by atoms with E-state index in [1.807, 2.05) is 25.7 Å². The number of nitrogens with zero attached hydrogens (tertiary/aromatic N) is 1. The lowest BCUT2D eigenvalue weighted by Crippen LogP contribution is -2.57. The first-order chi connectivity index (χ1) is 9.83. The third kappa shape index (κ3) is 5.55. The number of rotatable bonds is 3. The molecule has 0 spiro atoms. The molecule has 5 nitrogen and oxygen atoms in total. The van der Waals surface area contributed by atoms with Crippen molar-refractivity contribution < 1.29 is 14.0 Å². The molecule has 0 saturated carbocycles. The van der Waals surface area contributed by atoms with Crippen LogP contribution in [-0.2, 0) is 9.16 Å². The Bertz CT molecular complexity index is 386. The van der Waals surface area contributed by atoms with Crippen molar-refractivity contribution >= 4 is 14.4 Å². The summed E-state index contributed by atoms with van der Waals surface area (Å²) in [5.41, 5.74) is -0.465. The van der Waals surface area contributed by atoms with E-state index in [9.17, 15) is 4.79 Å². The second kappa shape index (κ2) is 6.89. The summed E-state index contributed by atoms with van der Waals surface area (Å²) in [5.74, 6) is 0. The molecule has 1 fully saturated rings. The van der Waals surface area contributed by atoms with Crippen molar-refractivity contribution in [2.24, 2.45) is 0 Å². The van der Waals surface area contributed by atoms with Crippen LogP contribution in [0, 0.1) is 0 Å². The fourth-order valence-corrected chi connectivity index (χ4v) is 3.03. The predicted molar refractivity (Wildman–Crippen MR) is 92.7 cm³/mol. The summed E-state index contributed by atoms with van der Waals surface area (Å²) in [6, 6.07) is 0.0396. The van der Waals surface area contributed by atoms with Crippen molar-refractivity contribution in [1.29, 1.82) is 0 Å². The normalized spacial score (nSPS) is 20.9. The molecule has 0 aromatic rings. The van der Waals surface area contributed by atoms with Gasteiger partial charge in [0.2, 0.25) is 0 Å². The lowest BCUT2D eigenvalue weighted by Gasteiger charge is -2.41. The SMILES string of the molecule is CC(C)(C)OC(=O)N1CCNC[C@@H]1CO[Si](C)(C)C(C)(C)C.